The van der Waals surface area contributed by atoms with E-state index in [4.69, 9.17) is 0 Å². The van der Waals surface area contributed by atoms with E-state index in [2.05, 4.69) is 18.3 Å². The van der Waals surface area contributed by atoms with Gasteiger partial charge in [-0.15, -0.1) is 11.3 Å². The zero-order chi connectivity index (χ0) is 16.1. The highest BCUT2D eigenvalue weighted by Crippen LogP contribution is 2.26. The third kappa shape index (κ3) is 3.69. The number of carbonyl (C=O) groups is 1. The summed E-state index contributed by atoms with van der Waals surface area (Å²) in [5.41, 5.74) is 3.02. The van der Waals surface area contributed by atoms with E-state index in [1.165, 1.54) is 5.56 Å². The van der Waals surface area contributed by atoms with Crippen LogP contribution in [0, 0.1) is 0 Å². The highest BCUT2D eigenvalue weighted by molar-refractivity contribution is 7.10. The lowest BCUT2D eigenvalue weighted by Gasteiger charge is -2.18. The van der Waals surface area contributed by atoms with Crippen molar-refractivity contribution in [3.8, 4) is 0 Å². The van der Waals surface area contributed by atoms with E-state index < -0.39 is 0 Å². The molecule has 0 saturated heterocycles. The van der Waals surface area contributed by atoms with Gasteiger partial charge in [0, 0.05) is 10.4 Å². The van der Waals surface area contributed by atoms with Gasteiger partial charge in [0.15, 0.2) is 0 Å². The van der Waals surface area contributed by atoms with Gasteiger partial charge in [-0.3, -0.25) is 4.79 Å². The molecular formula is C20H19NOS. The second kappa shape index (κ2) is 7.25. The Morgan fingerprint density at radius 3 is 2.35 bits per heavy atom. The van der Waals surface area contributed by atoms with Crippen LogP contribution in [-0.4, -0.2) is 5.91 Å². The number of aryl methyl sites for hydroxylation is 1. The molecule has 1 heterocycles. The average Bonchev–Trinajstić information content (AvgIpc) is 3.14. The van der Waals surface area contributed by atoms with Crippen LogP contribution in [0.4, 0.5) is 0 Å². The fraction of sp³-hybridized carbons (Fsp3) is 0.150. The number of rotatable bonds is 5. The predicted octanol–water partition coefficient (Wildman–Crippen LogP) is 4.83. The molecule has 0 aliphatic rings. The Bertz CT molecular complexity index is 748. The van der Waals surface area contributed by atoms with Gasteiger partial charge in [0.05, 0.1) is 6.04 Å². The Morgan fingerprint density at radius 2 is 1.74 bits per heavy atom. The number of benzene rings is 2. The van der Waals surface area contributed by atoms with Gasteiger partial charge in [-0.1, -0.05) is 55.5 Å². The Kier molecular flexibility index (Phi) is 4.89. The number of amides is 1. The first-order valence-electron chi connectivity index (χ1n) is 7.76. The monoisotopic (exact) mass is 321 g/mol. The maximum Gasteiger partial charge on any atom is 0.252 e. The molecule has 3 heteroatoms. The molecule has 0 spiro atoms. The van der Waals surface area contributed by atoms with Crippen molar-refractivity contribution in [1.82, 2.24) is 5.32 Å². The summed E-state index contributed by atoms with van der Waals surface area (Å²) in [6.45, 7) is 2.11. The second-order valence-corrected chi connectivity index (χ2v) is 6.36. The molecule has 116 valence electrons. The first kappa shape index (κ1) is 15.5. The van der Waals surface area contributed by atoms with Crippen molar-refractivity contribution >= 4 is 17.2 Å². The highest BCUT2D eigenvalue weighted by Gasteiger charge is 2.18. The molecular weight excluding hydrogens is 302 g/mol. The molecule has 1 amide bonds. The molecule has 2 aromatic carbocycles. The minimum absolute atomic E-state index is 0.0464. The smallest absolute Gasteiger partial charge is 0.252 e. The van der Waals surface area contributed by atoms with Crippen LogP contribution >= 0.6 is 11.3 Å². The molecule has 0 aliphatic carbocycles. The third-order valence-electron chi connectivity index (χ3n) is 3.86. The fourth-order valence-corrected chi connectivity index (χ4v) is 3.33. The average molecular weight is 321 g/mol. The molecule has 3 rings (SSSR count). The second-order valence-electron chi connectivity index (χ2n) is 5.38. The molecule has 1 N–H and O–H groups in total. The molecule has 0 bridgehead atoms. The molecule has 23 heavy (non-hydrogen) atoms. The summed E-state index contributed by atoms with van der Waals surface area (Å²) in [5, 5.41) is 5.20. The molecule has 0 saturated carbocycles. The van der Waals surface area contributed by atoms with Crippen LogP contribution in [0.3, 0.4) is 0 Å². The first-order valence-corrected chi connectivity index (χ1v) is 8.64. The van der Waals surface area contributed by atoms with Crippen LogP contribution in [0.15, 0.2) is 72.1 Å². The molecule has 0 fully saturated rings. The van der Waals surface area contributed by atoms with Crippen molar-refractivity contribution in [2.45, 2.75) is 19.4 Å². The molecule has 0 radical (unpaired) electrons. The van der Waals surface area contributed by atoms with Gasteiger partial charge in [0.25, 0.3) is 5.91 Å². The van der Waals surface area contributed by atoms with Gasteiger partial charge in [-0.2, -0.15) is 0 Å². The quantitative estimate of drug-likeness (QED) is 0.716. The Hall–Kier alpha value is -2.39. The summed E-state index contributed by atoms with van der Waals surface area (Å²) >= 11 is 1.65. The van der Waals surface area contributed by atoms with Crippen LogP contribution in [0.2, 0.25) is 0 Å². The van der Waals surface area contributed by atoms with Crippen molar-refractivity contribution in [3.05, 3.63) is 93.7 Å². The molecule has 3 aromatic rings. The number of hydrogen-bond donors (Lipinski definition) is 1. The normalized spacial score (nSPS) is 11.9. The number of thiophene rings is 1. The molecule has 0 unspecified atom stereocenters. The maximum absolute atomic E-state index is 12.6. The number of carbonyl (C=O) groups excluding carboxylic acids is 1. The van der Waals surface area contributed by atoms with Gasteiger partial charge in [-0.25, -0.2) is 0 Å². The largest absolute Gasteiger partial charge is 0.340 e. The van der Waals surface area contributed by atoms with Crippen molar-refractivity contribution in [3.63, 3.8) is 0 Å². The summed E-state index contributed by atoms with van der Waals surface area (Å²) in [5.74, 6) is -0.0464. The van der Waals surface area contributed by atoms with E-state index in [0.717, 1.165) is 16.9 Å². The summed E-state index contributed by atoms with van der Waals surface area (Å²) in [6, 6.07) is 21.8. The summed E-state index contributed by atoms with van der Waals surface area (Å²) in [6.07, 6.45) is 0.976. The van der Waals surface area contributed by atoms with E-state index in [0.29, 0.717) is 5.56 Å². The van der Waals surface area contributed by atoms with Gasteiger partial charge >= 0.3 is 0 Å². The highest BCUT2D eigenvalue weighted by atomic mass is 32.1. The van der Waals surface area contributed by atoms with E-state index in [1.54, 1.807) is 11.3 Å². The van der Waals surface area contributed by atoms with Crippen LogP contribution in [-0.2, 0) is 6.42 Å². The Labute approximate surface area is 140 Å². The van der Waals surface area contributed by atoms with Gasteiger partial charge in [0.2, 0.25) is 0 Å². The number of hydrogen-bond acceptors (Lipinski definition) is 2. The van der Waals surface area contributed by atoms with Gasteiger partial charge in [0.1, 0.15) is 0 Å². The molecule has 1 atom stereocenters. The predicted molar refractivity (Wildman–Crippen MR) is 95.9 cm³/mol. The lowest BCUT2D eigenvalue weighted by Crippen LogP contribution is -2.28. The van der Waals surface area contributed by atoms with Crippen molar-refractivity contribution in [1.29, 1.82) is 0 Å². The minimum Gasteiger partial charge on any atom is -0.340 e. The number of nitrogens with one attached hydrogen (secondary N) is 1. The van der Waals surface area contributed by atoms with Gasteiger partial charge in [-0.05, 0) is 41.1 Å². The SMILES string of the molecule is CCc1ccc(C(=O)N[C@H](c2ccccc2)c2cccs2)cc1. The van der Waals surface area contributed by atoms with Gasteiger partial charge < -0.3 is 5.32 Å². The van der Waals surface area contributed by atoms with E-state index in [1.807, 2.05) is 66.0 Å². The molecule has 2 nitrogen and oxygen atoms in total. The van der Waals surface area contributed by atoms with E-state index >= 15 is 0 Å². The fourth-order valence-electron chi connectivity index (χ4n) is 2.53. The summed E-state index contributed by atoms with van der Waals surface area (Å²) in [4.78, 5) is 13.8. The van der Waals surface area contributed by atoms with Crippen LogP contribution < -0.4 is 5.32 Å². The van der Waals surface area contributed by atoms with Crippen molar-refractivity contribution in [2.24, 2.45) is 0 Å². The molecule has 1 aromatic heterocycles. The zero-order valence-corrected chi connectivity index (χ0v) is 13.8. The summed E-state index contributed by atoms with van der Waals surface area (Å²) < 4.78 is 0. The standard InChI is InChI=1S/C20H19NOS/c1-2-15-10-12-17(13-11-15)20(22)21-19(18-9-6-14-23-18)16-7-4-3-5-8-16/h3-14,19H,2H2,1H3,(H,21,22)/t19-/m1/s1. The topological polar surface area (TPSA) is 29.1 Å². The third-order valence-corrected chi connectivity index (χ3v) is 4.80. The van der Waals surface area contributed by atoms with Crippen LogP contribution in [0.5, 0.6) is 0 Å². The first-order chi connectivity index (χ1) is 11.3. The van der Waals surface area contributed by atoms with E-state index in [-0.39, 0.29) is 11.9 Å². The minimum atomic E-state index is -0.116. The molecule has 0 aliphatic heterocycles. The lowest BCUT2D eigenvalue weighted by molar-refractivity contribution is 0.0943. The Balaban J connectivity index is 1.85. The lowest BCUT2D eigenvalue weighted by atomic mass is 10.0. The maximum atomic E-state index is 12.6. The zero-order valence-electron chi connectivity index (χ0n) is 13.0. The van der Waals surface area contributed by atoms with Crippen molar-refractivity contribution in [2.75, 3.05) is 0 Å². The van der Waals surface area contributed by atoms with E-state index in [9.17, 15) is 4.79 Å². The van der Waals surface area contributed by atoms with Crippen molar-refractivity contribution < 1.29 is 4.79 Å². The summed E-state index contributed by atoms with van der Waals surface area (Å²) in [7, 11) is 0. The van der Waals surface area contributed by atoms with Crippen LogP contribution in [0.25, 0.3) is 0 Å². The Morgan fingerprint density at radius 1 is 1.00 bits per heavy atom. The van der Waals surface area contributed by atoms with Crippen LogP contribution in [0.1, 0.15) is 39.3 Å².